The Balaban J connectivity index is 2.06. The van der Waals surface area contributed by atoms with Gasteiger partial charge >= 0.3 is 6.09 Å². The summed E-state index contributed by atoms with van der Waals surface area (Å²) in [4.78, 5) is 28.1. The van der Waals surface area contributed by atoms with E-state index in [9.17, 15) is 9.59 Å². The molecule has 0 aromatic carbocycles. The number of aromatic nitrogens is 2. The zero-order chi connectivity index (χ0) is 17.2. The molecule has 0 aliphatic carbocycles. The number of nitrogens with one attached hydrogen (secondary N) is 1. The van der Waals surface area contributed by atoms with Gasteiger partial charge in [0.2, 0.25) is 0 Å². The number of aromatic amines is 1. The summed E-state index contributed by atoms with van der Waals surface area (Å²) in [6.45, 7) is 8.77. The minimum atomic E-state index is -0.545. The Morgan fingerprint density at radius 2 is 2.13 bits per heavy atom. The first-order chi connectivity index (χ1) is 10.7. The number of nitrogens with zero attached hydrogens (tertiary/aromatic N) is 3. The first-order valence-corrected chi connectivity index (χ1v) is 7.72. The molecule has 2 amide bonds. The maximum absolute atomic E-state index is 12.6. The van der Waals surface area contributed by atoms with Crippen molar-refractivity contribution < 1.29 is 14.3 Å². The SMILES string of the molecule is Cc1[nH]ncc1C(=O)N1CCN(C(=O)OC(C)(C)C)CC1CN. The van der Waals surface area contributed by atoms with Crippen molar-refractivity contribution >= 4 is 12.0 Å². The summed E-state index contributed by atoms with van der Waals surface area (Å²) >= 11 is 0. The van der Waals surface area contributed by atoms with Crippen LogP contribution in [0.15, 0.2) is 6.20 Å². The number of carbonyl (C=O) groups excluding carboxylic acids is 2. The van der Waals surface area contributed by atoms with Crippen LogP contribution in [0.4, 0.5) is 4.79 Å². The number of nitrogens with two attached hydrogens (primary N) is 1. The number of piperazine rings is 1. The Kier molecular flexibility index (Phi) is 4.93. The molecule has 1 aromatic heterocycles. The average Bonchev–Trinajstić information content (AvgIpc) is 2.90. The maximum Gasteiger partial charge on any atom is 0.410 e. The van der Waals surface area contributed by atoms with Crippen molar-refractivity contribution in [3.8, 4) is 0 Å². The zero-order valence-corrected chi connectivity index (χ0v) is 14.1. The quantitative estimate of drug-likeness (QED) is 0.835. The highest BCUT2D eigenvalue weighted by Gasteiger charge is 2.34. The predicted molar refractivity (Wildman–Crippen MR) is 85.0 cm³/mol. The van der Waals surface area contributed by atoms with E-state index in [1.54, 1.807) is 16.7 Å². The van der Waals surface area contributed by atoms with Gasteiger partial charge in [0.1, 0.15) is 5.60 Å². The van der Waals surface area contributed by atoms with Crippen molar-refractivity contribution in [1.82, 2.24) is 20.0 Å². The molecule has 1 atom stereocenters. The van der Waals surface area contributed by atoms with Crippen molar-refractivity contribution in [3.63, 3.8) is 0 Å². The van der Waals surface area contributed by atoms with E-state index in [4.69, 9.17) is 10.5 Å². The first-order valence-electron chi connectivity index (χ1n) is 7.72. The third-order valence-electron chi connectivity index (χ3n) is 3.73. The van der Waals surface area contributed by atoms with Crippen LogP contribution in [0.1, 0.15) is 36.8 Å². The van der Waals surface area contributed by atoms with E-state index in [1.807, 2.05) is 20.8 Å². The summed E-state index contributed by atoms with van der Waals surface area (Å²) in [7, 11) is 0. The summed E-state index contributed by atoms with van der Waals surface area (Å²) in [5, 5.41) is 6.64. The Morgan fingerprint density at radius 3 is 2.65 bits per heavy atom. The van der Waals surface area contributed by atoms with Gasteiger partial charge in [-0.1, -0.05) is 0 Å². The van der Waals surface area contributed by atoms with Gasteiger partial charge in [-0.3, -0.25) is 9.89 Å². The number of hydrogen-bond donors (Lipinski definition) is 2. The Bertz CT molecular complexity index is 578. The normalized spacial score (nSPS) is 18.9. The Morgan fingerprint density at radius 1 is 1.43 bits per heavy atom. The molecule has 0 spiro atoms. The van der Waals surface area contributed by atoms with Gasteiger partial charge in [-0.15, -0.1) is 0 Å². The molecule has 1 aliphatic rings. The van der Waals surface area contributed by atoms with Crippen LogP contribution < -0.4 is 5.73 Å². The van der Waals surface area contributed by atoms with Gasteiger partial charge in [0, 0.05) is 31.9 Å². The van der Waals surface area contributed by atoms with Gasteiger partial charge < -0.3 is 20.3 Å². The van der Waals surface area contributed by atoms with Crippen LogP contribution in [-0.2, 0) is 4.74 Å². The zero-order valence-electron chi connectivity index (χ0n) is 14.1. The molecule has 8 heteroatoms. The topological polar surface area (TPSA) is 105 Å². The van der Waals surface area contributed by atoms with Gasteiger partial charge in [0.05, 0.1) is 17.8 Å². The van der Waals surface area contributed by atoms with E-state index >= 15 is 0 Å². The molecule has 8 nitrogen and oxygen atoms in total. The van der Waals surface area contributed by atoms with Crippen LogP contribution in [-0.4, -0.2) is 69.8 Å². The molecule has 2 rings (SSSR count). The van der Waals surface area contributed by atoms with Crippen molar-refractivity contribution in [1.29, 1.82) is 0 Å². The molecule has 1 saturated heterocycles. The number of carbonyl (C=O) groups is 2. The Hall–Kier alpha value is -2.09. The lowest BCUT2D eigenvalue weighted by Crippen LogP contribution is -2.59. The minimum absolute atomic E-state index is 0.115. The number of aryl methyl sites for hydroxylation is 1. The van der Waals surface area contributed by atoms with Gasteiger partial charge in [-0.25, -0.2) is 4.79 Å². The Labute approximate surface area is 135 Å². The minimum Gasteiger partial charge on any atom is -0.444 e. The fourth-order valence-corrected chi connectivity index (χ4v) is 2.54. The number of hydrogen-bond acceptors (Lipinski definition) is 5. The van der Waals surface area contributed by atoms with Gasteiger partial charge in [0.15, 0.2) is 0 Å². The summed E-state index contributed by atoms with van der Waals surface area (Å²) in [6, 6.07) is -0.238. The molecule has 1 fully saturated rings. The van der Waals surface area contributed by atoms with Gasteiger partial charge in [0.25, 0.3) is 5.91 Å². The molecule has 23 heavy (non-hydrogen) atoms. The van der Waals surface area contributed by atoms with E-state index in [1.165, 1.54) is 6.20 Å². The lowest BCUT2D eigenvalue weighted by atomic mass is 10.1. The highest BCUT2D eigenvalue weighted by atomic mass is 16.6. The van der Waals surface area contributed by atoms with Crippen LogP contribution >= 0.6 is 0 Å². The highest BCUT2D eigenvalue weighted by molar-refractivity contribution is 5.95. The largest absolute Gasteiger partial charge is 0.444 e. The van der Waals surface area contributed by atoms with Crippen molar-refractivity contribution in [3.05, 3.63) is 17.5 Å². The third kappa shape index (κ3) is 4.01. The number of H-pyrrole nitrogens is 1. The smallest absolute Gasteiger partial charge is 0.410 e. The molecular formula is C15H25N5O3. The fraction of sp³-hybridized carbons (Fsp3) is 0.667. The molecule has 128 valence electrons. The molecule has 2 heterocycles. The molecule has 1 unspecified atom stereocenters. The van der Waals surface area contributed by atoms with Crippen molar-refractivity contribution in [2.75, 3.05) is 26.2 Å². The van der Waals surface area contributed by atoms with Gasteiger partial charge in [-0.05, 0) is 27.7 Å². The van der Waals surface area contributed by atoms with Crippen LogP contribution in [0.25, 0.3) is 0 Å². The number of ether oxygens (including phenoxy) is 1. The molecule has 0 bridgehead atoms. The second-order valence-corrected chi connectivity index (χ2v) is 6.72. The molecule has 0 saturated carbocycles. The summed E-state index contributed by atoms with van der Waals surface area (Å²) < 4.78 is 5.38. The standard InChI is InChI=1S/C15H25N5O3/c1-10-12(8-17-18-10)13(21)20-6-5-19(9-11(20)7-16)14(22)23-15(2,3)4/h8,11H,5-7,9,16H2,1-4H3,(H,17,18). The number of amides is 2. The van der Waals surface area contributed by atoms with Crippen LogP contribution in [0.5, 0.6) is 0 Å². The first kappa shape index (κ1) is 17.3. The summed E-state index contributed by atoms with van der Waals surface area (Å²) in [6.07, 6.45) is 1.15. The molecular weight excluding hydrogens is 298 g/mol. The fourth-order valence-electron chi connectivity index (χ4n) is 2.54. The molecule has 1 aromatic rings. The molecule has 1 aliphatic heterocycles. The third-order valence-corrected chi connectivity index (χ3v) is 3.73. The van der Waals surface area contributed by atoms with Gasteiger partial charge in [-0.2, -0.15) is 5.10 Å². The maximum atomic E-state index is 12.6. The summed E-state index contributed by atoms with van der Waals surface area (Å²) in [5.74, 6) is -0.115. The second kappa shape index (κ2) is 6.57. The van der Waals surface area contributed by atoms with E-state index < -0.39 is 5.60 Å². The second-order valence-electron chi connectivity index (χ2n) is 6.72. The molecule has 3 N–H and O–H groups in total. The lowest BCUT2D eigenvalue weighted by Gasteiger charge is -2.41. The van der Waals surface area contributed by atoms with E-state index in [2.05, 4.69) is 10.2 Å². The van der Waals surface area contributed by atoms with Crippen molar-refractivity contribution in [2.45, 2.75) is 39.3 Å². The van der Waals surface area contributed by atoms with E-state index in [0.29, 0.717) is 25.2 Å². The molecule has 0 radical (unpaired) electrons. The van der Waals surface area contributed by atoms with Crippen LogP contribution in [0.2, 0.25) is 0 Å². The van der Waals surface area contributed by atoms with Crippen molar-refractivity contribution in [2.24, 2.45) is 5.73 Å². The highest BCUT2D eigenvalue weighted by Crippen LogP contribution is 2.17. The monoisotopic (exact) mass is 323 g/mol. The lowest BCUT2D eigenvalue weighted by molar-refractivity contribution is 0.00526. The van der Waals surface area contributed by atoms with Crippen LogP contribution in [0, 0.1) is 6.92 Å². The average molecular weight is 323 g/mol. The van der Waals surface area contributed by atoms with E-state index in [-0.39, 0.29) is 24.6 Å². The summed E-state index contributed by atoms with van der Waals surface area (Å²) in [5.41, 5.74) is 6.53. The van der Waals surface area contributed by atoms with E-state index in [0.717, 1.165) is 5.69 Å². The number of rotatable bonds is 2. The predicted octanol–water partition coefficient (Wildman–Crippen LogP) is 0.738. The van der Waals surface area contributed by atoms with Crippen LogP contribution in [0.3, 0.4) is 0 Å².